The number of guanidine groups is 1. The van der Waals surface area contributed by atoms with Crippen LogP contribution in [0.4, 0.5) is 8.78 Å². The first-order valence-corrected chi connectivity index (χ1v) is 8.94. The highest BCUT2D eigenvalue weighted by molar-refractivity contribution is 14.0. The van der Waals surface area contributed by atoms with E-state index in [0.29, 0.717) is 36.8 Å². The summed E-state index contributed by atoms with van der Waals surface area (Å²) in [6.45, 7) is 0.517. The summed E-state index contributed by atoms with van der Waals surface area (Å²) in [5.41, 5.74) is 1.57. The van der Waals surface area contributed by atoms with Gasteiger partial charge in [-0.2, -0.15) is 8.78 Å². The van der Waals surface area contributed by atoms with E-state index in [0.717, 1.165) is 5.56 Å². The van der Waals surface area contributed by atoms with Crippen molar-refractivity contribution >= 4 is 29.9 Å². The third-order valence-electron chi connectivity index (χ3n) is 3.89. The molecule has 0 saturated carbocycles. The largest absolute Gasteiger partial charge is 0.504 e. The van der Waals surface area contributed by atoms with E-state index in [1.54, 1.807) is 30.3 Å². The quantitative estimate of drug-likeness (QED) is 0.265. The topological polar surface area (TPSA) is 75.1 Å². The lowest BCUT2D eigenvalue weighted by atomic mass is 10.1. The van der Waals surface area contributed by atoms with Crippen LogP contribution in [0.25, 0.3) is 0 Å². The molecule has 0 bridgehead atoms. The number of methoxy groups -OCH3 is 1. The number of ether oxygens (including phenoxy) is 2. The summed E-state index contributed by atoms with van der Waals surface area (Å²) in [7, 11) is 1.50. The van der Waals surface area contributed by atoms with Gasteiger partial charge in [-0.15, -0.1) is 24.0 Å². The lowest BCUT2D eigenvalue weighted by Crippen LogP contribution is -2.38. The Morgan fingerprint density at radius 1 is 1.14 bits per heavy atom. The Kier molecular flexibility index (Phi) is 11.1. The van der Waals surface area contributed by atoms with Crippen LogP contribution in [0.2, 0.25) is 0 Å². The van der Waals surface area contributed by atoms with Gasteiger partial charge in [0.25, 0.3) is 0 Å². The molecule has 0 atom stereocenters. The van der Waals surface area contributed by atoms with Gasteiger partial charge in [-0.3, -0.25) is 0 Å². The van der Waals surface area contributed by atoms with E-state index in [4.69, 9.17) is 4.74 Å². The molecule has 2 aromatic carbocycles. The van der Waals surface area contributed by atoms with Gasteiger partial charge >= 0.3 is 6.61 Å². The second-order valence-corrected chi connectivity index (χ2v) is 5.86. The number of para-hydroxylation sites is 1. The number of aliphatic imine (C=N–C) groups is 1. The molecule has 29 heavy (non-hydrogen) atoms. The first-order chi connectivity index (χ1) is 13.5. The van der Waals surface area contributed by atoms with Gasteiger partial charge in [0.05, 0.1) is 13.7 Å². The minimum absolute atomic E-state index is 0. The molecule has 0 unspecified atom stereocenters. The fourth-order valence-electron chi connectivity index (χ4n) is 2.55. The molecule has 9 heteroatoms. The third-order valence-corrected chi connectivity index (χ3v) is 3.89. The van der Waals surface area contributed by atoms with Crippen LogP contribution in [-0.2, 0) is 13.0 Å². The maximum Gasteiger partial charge on any atom is 0.387 e. The van der Waals surface area contributed by atoms with E-state index in [9.17, 15) is 13.9 Å². The Balaban J connectivity index is 0.00000420. The average molecular weight is 521 g/mol. The fraction of sp³-hybridized carbons (Fsp3) is 0.350. The monoisotopic (exact) mass is 521 g/mol. The standard InChI is InChI=1S/C20H25F2N3O3.HI/c1-3-23-20(24-11-10-14-8-9-16(26)18(12-14)27-2)25-13-15-6-4-5-7-17(15)28-19(21)22;/h4-9,12,19,26H,3,10-11,13H2,1-2H3,(H2,23,24,25);1H. The Morgan fingerprint density at radius 2 is 1.90 bits per heavy atom. The van der Waals surface area contributed by atoms with Crippen molar-refractivity contribution in [3.05, 3.63) is 53.6 Å². The maximum atomic E-state index is 12.5. The lowest BCUT2D eigenvalue weighted by Gasteiger charge is -2.13. The third kappa shape index (κ3) is 8.30. The molecule has 2 rings (SSSR count). The van der Waals surface area contributed by atoms with Crippen LogP contribution in [-0.4, -0.2) is 37.9 Å². The highest BCUT2D eigenvalue weighted by Gasteiger charge is 2.09. The molecule has 2 aromatic rings. The van der Waals surface area contributed by atoms with Crippen molar-refractivity contribution in [2.75, 3.05) is 20.2 Å². The van der Waals surface area contributed by atoms with E-state index in [1.807, 2.05) is 13.0 Å². The summed E-state index contributed by atoms with van der Waals surface area (Å²) in [6, 6.07) is 11.8. The van der Waals surface area contributed by atoms with Crippen LogP contribution < -0.4 is 20.1 Å². The molecule has 6 nitrogen and oxygen atoms in total. The zero-order valence-electron chi connectivity index (χ0n) is 16.3. The molecule has 3 N–H and O–H groups in total. The molecule has 0 aliphatic rings. The van der Waals surface area contributed by atoms with Crippen molar-refractivity contribution in [3.8, 4) is 17.2 Å². The van der Waals surface area contributed by atoms with Crippen molar-refractivity contribution in [1.29, 1.82) is 0 Å². The Morgan fingerprint density at radius 3 is 2.59 bits per heavy atom. The second kappa shape index (κ2) is 13.0. The number of nitrogens with zero attached hydrogens (tertiary/aromatic N) is 1. The van der Waals surface area contributed by atoms with Crippen LogP contribution in [0.3, 0.4) is 0 Å². The Bertz CT molecular complexity index is 791. The first kappa shape index (κ1) is 24.7. The van der Waals surface area contributed by atoms with Gasteiger partial charge in [0.1, 0.15) is 5.75 Å². The summed E-state index contributed by atoms with van der Waals surface area (Å²) < 4.78 is 34.7. The van der Waals surface area contributed by atoms with Crippen molar-refractivity contribution < 1.29 is 23.4 Å². The second-order valence-electron chi connectivity index (χ2n) is 5.86. The van der Waals surface area contributed by atoms with E-state index in [1.165, 1.54) is 13.2 Å². The van der Waals surface area contributed by atoms with E-state index < -0.39 is 6.61 Å². The van der Waals surface area contributed by atoms with Crippen LogP contribution in [0, 0.1) is 0 Å². The number of aromatic hydroxyl groups is 1. The molecule has 0 aliphatic heterocycles. The summed E-state index contributed by atoms with van der Waals surface area (Å²) in [6.07, 6.45) is 0.687. The molecule has 0 aliphatic carbocycles. The van der Waals surface area contributed by atoms with E-state index in [-0.39, 0.29) is 42.0 Å². The summed E-state index contributed by atoms with van der Waals surface area (Å²) in [4.78, 5) is 4.44. The SMILES string of the molecule is CCNC(=NCc1ccccc1OC(F)F)NCCc1ccc(O)c(OC)c1.I. The van der Waals surface area contributed by atoms with E-state index >= 15 is 0 Å². The van der Waals surface area contributed by atoms with Crippen LogP contribution in [0.15, 0.2) is 47.5 Å². The highest BCUT2D eigenvalue weighted by atomic mass is 127. The molecule has 0 radical (unpaired) electrons. The number of hydrogen-bond acceptors (Lipinski definition) is 4. The number of benzene rings is 2. The van der Waals surface area contributed by atoms with Gasteiger partial charge in [0, 0.05) is 18.7 Å². The predicted octanol–water partition coefficient (Wildman–Crippen LogP) is 3.92. The Labute approximate surface area is 186 Å². The Hall–Kier alpha value is -2.30. The van der Waals surface area contributed by atoms with Gasteiger partial charge in [-0.05, 0) is 37.1 Å². The summed E-state index contributed by atoms with van der Waals surface area (Å²) in [5, 5.41) is 16.0. The van der Waals surface area contributed by atoms with Crippen molar-refractivity contribution in [1.82, 2.24) is 10.6 Å². The number of halogens is 3. The van der Waals surface area contributed by atoms with Gasteiger partial charge in [0.2, 0.25) is 0 Å². The minimum atomic E-state index is -2.88. The van der Waals surface area contributed by atoms with Gasteiger partial charge in [-0.25, -0.2) is 4.99 Å². The first-order valence-electron chi connectivity index (χ1n) is 8.94. The highest BCUT2D eigenvalue weighted by Crippen LogP contribution is 2.26. The fourth-order valence-corrected chi connectivity index (χ4v) is 2.55. The average Bonchev–Trinajstić information content (AvgIpc) is 2.68. The van der Waals surface area contributed by atoms with Gasteiger partial charge < -0.3 is 25.2 Å². The predicted molar refractivity (Wildman–Crippen MR) is 120 cm³/mol. The van der Waals surface area contributed by atoms with Crippen LogP contribution in [0.5, 0.6) is 17.2 Å². The van der Waals surface area contributed by atoms with Crippen LogP contribution >= 0.6 is 24.0 Å². The normalized spacial score (nSPS) is 11.0. The smallest absolute Gasteiger partial charge is 0.387 e. The minimum Gasteiger partial charge on any atom is -0.504 e. The lowest BCUT2D eigenvalue weighted by molar-refractivity contribution is -0.0504. The van der Waals surface area contributed by atoms with Crippen molar-refractivity contribution in [3.63, 3.8) is 0 Å². The summed E-state index contributed by atoms with van der Waals surface area (Å²) in [5.74, 6) is 1.21. The molecule has 0 saturated heterocycles. The molecule has 0 heterocycles. The number of rotatable bonds is 9. The molecule has 0 aromatic heterocycles. The number of phenols is 1. The summed E-state index contributed by atoms with van der Waals surface area (Å²) >= 11 is 0. The molecule has 160 valence electrons. The van der Waals surface area contributed by atoms with Gasteiger partial charge in [-0.1, -0.05) is 24.3 Å². The molecule has 0 spiro atoms. The maximum absolute atomic E-state index is 12.5. The van der Waals surface area contributed by atoms with Crippen molar-refractivity contribution in [2.45, 2.75) is 26.5 Å². The van der Waals surface area contributed by atoms with Gasteiger partial charge in [0.15, 0.2) is 17.5 Å². The number of alkyl halides is 2. The number of nitrogens with one attached hydrogen (secondary N) is 2. The number of phenolic OH excluding ortho intramolecular Hbond substituents is 1. The van der Waals surface area contributed by atoms with Crippen molar-refractivity contribution in [2.24, 2.45) is 4.99 Å². The molecule has 0 amide bonds. The van der Waals surface area contributed by atoms with Crippen LogP contribution in [0.1, 0.15) is 18.1 Å². The molecule has 0 fully saturated rings. The van der Waals surface area contributed by atoms with E-state index in [2.05, 4.69) is 20.4 Å². The molecular weight excluding hydrogens is 495 g/mol. The molecular formula is C20H26F2IN3O3. The zero-order valence-corrected chi connectivity index (χ0v) is 18.7. The zero-order chi connectivity index (χ0) is 20.4. The number of hydrogen-bond donors (Lipinski definition) is 3.